The fourth-order valence-corrected chi connectivity index (χ4v) is 2.06. The second-order valence-electron chi connectivity index (χ2n) is 4.02. The summed E-state index contributed by atoms with van der Waals surface area (Å²) in [5.41, 5.74) is 0. The molecule has 0 saturated carbocycles. The van der Waals surface area contributed by atoms with E-state index >= 15 is 0 Å². The zero-order valence-electron chi connectivity index (χ0n) is 9.52. The van der Waals surface area contributed by atoms with Crippen LogP contribution in [0.5, 0.6) is 0 Å². The van der Waals surface area contributed by atoms with Gasteiger partial charge >= 0.3 is 0 Å². The van der Waals surface area contributed by atoms with E-state index in [-0.39, 0.29) is 18.5 Å². The molecule has 0 aromatic carbocycles. The van der Waals surface area contributed by atoms with Crippen molar-refractivity contribution >= 4 is 0 Å². The van der Waals surface area contributed by atoms with Gasteiger partial charge in [0, 0.05) is 6.61 Å². The molecule has 0 amide bonds. The third kappa shape index (κ3) is 2.60. The van der Waals surface area contributed by atoms with Crippen molar-refractivity contribution in [2.24, 2.45) is 0 Å². The van der Waals surface area contributed by atoms with Crippen molar-refractivity contribution in [3.8, 4) is 0 Å². The molecule has 2 saturated heterocycles. The van der Waals surface area contributed by atoms with Crippen molar-refractivity contribution in [3.63, 3.8) is 0 Å². The van der Waals surface area contributed by atoms with Gasteiger partial charge < -0.3 is 14.2 Å². The van der Waals surface area contributed by atoms with Gasteiger partial charge in [0.2, 0.25) is 0 Å². The van der Waals surface area contributed by atoms with E-state index in [9.17, 15) is 0 Å². The van der Waals surface area contributed by atoms with Gasteiger partial charge in [-0.05, 0) is 26.2 Å². The SMILES string of the molecule is CC/C=C/CC[C@H]1OC(OCC)[C@@H]2O[C@H]12. The minimum Gasteiger partial charge on any atom is -0.361 e. The van der Waals surface area contributed by atoms with Gasteiger partial charge in [-0.3, -0.25) is 0 Å². The summed E-state index contributed by atoms with van der Waals surface area (Å²) in [5, 5.41) is 0. The summed E-state index contributed by atoms with van der Waals surface area (Å²) in [5.74, 6) is 0. The van der Waals surface area contributed by atoms with E-state index in [1.807, 2.05) is 6.92 Å². The monoisotopic (exact) mass is 212 g/mol. The molecule has 0 spiro atoms. The van der Waals surface area contributed by atoms with Gasteiger partial charge in [-0.25, -0.2) is 0 Å². The highest BCUT2D eigenvalue weighted by Crippen LogP contribution is 2.41. The molecule has 0 aromatic heterocycles. The Morgan fingerprint density at radius 1 is 1.13 bits per heavy atom. The van der Waals surface area contributed by atoms with Gasteiger partial charge in [0.1, 0.15) is 12.2 Å². The van der Waals surface area contributed by atoms with Crippen LogP contribution in [-0.4, -0.2) is 31.2 Å². The van der Waals surface area contributed by atoms with E-state index in [4.69, 9.17) is 14.2 Å². The van der Waals surface area contributed by atoms with Gasteiger partial charge in [-0.15, -0.1) is 0 Å². The Bertz CT molecular complexity index is 227. The Labute approximate surface area is 91.4 Å². The first-order chi connectivity index (χ1) is 7.36. The topological polar surface area (TPSA) is 31.0 Å². The van der Waals surface area contributed by atoms with Crippen LogP contribution in [0.15, 0.2) is 12.2 Å². The van der Waals surface area contributed by atoms with Crippen molar-refractivity contribution in [1.82, 2.24) is 0 Å². The minimum atomic E-state index is -0.111. The quantitative estimate of drug-likeness (QED) is 0.500. The van der Waals surface area contributed by atoms with Crippen molar-refractivity contribution in [2.45, 2.75) is 57.7 Å². The van der Waals surface area contributed by atoms with Gasteiger partial charge in [0.05, 0.1) is 6.10 Å². The normalized spacial score (nSPS) is 38.5. The summed E-state index contributed by atoms with van der Waals surface area (Å²) < 4.78 is 16.7. The molecule has 0 aliphatic carbocycles. The van der Waals surface area contributed by atoms with E-state index in [0.717, 1.165) is 19.3 Å². The number of fused-ring (bicyclic) bond motifs is 1. The van der Waals surface area contributed by atoms with E-state index < -0.39 is 0 Å². The van der Waals surface area contributed by atoms with Gasteiger partial charge in [-0.2, -0.15) is 0 Å². The predicted octanol–water partition coefficient (Wildman–Crippen LogP) is 2.26. The fraction of sp³-hybridized carbons (Fsp3) is 0.833. The lowest BCUT2D eigenvalue weighted by atomic mass is 10.1. The molecule has 2 aliphatic heterocycles. The maximum atomic E-state index is 5.76. The first-order valence-electron chi connectivity index (χ1n) is 5.94. The molecular weight excluding hydrogens is 192 g/mol. The lowest BCUT2D eigenvalue weighted by molar-refractivity contribution is -0.171. The number of hydrogen-bond acceptors (Lipinski definition) is 3. The highest BCUT2D eigenvalue weighted by Gasteiger charge is 2.58. The van der Waals surface area contributed by atoms with Crippen LogP contribution in [0.3, 0.4) is 0 Å². The molecule has 2 aliphatic rings. The third-order valence-electron chi connectivity index (χ3n) is 2.86. The molecule has 3 nitrogen and oxygen atoms in total. The Hall–Kier alpha value is -0.380. The van der Waals surface area contributed by atoms with E-state index in [0.29, 0.717) is 12.7 Å². The molecule has 1 unspecified atom stereocenters. The lowest BCUT2D eigenvalue weighted by Crippen LogP contribution is -2.22. The second-order valence-corrected chi connectivity index (χ2v) is 4.02. The van der Waals surface area contributed by atoms with Crippen molar-refractivity contribution < 1.29 is 14.2 Å². The Kier molecular flexibility index (Phi) is 3.78. The molecule has 2 fully saturated rings. The van der Waals surface area contributed by atoms with Crippen LogP contribution >= 0.6 is 0 Å². The molecule has 0 aromatic rings. The van der Waals surface area contributed by atoms with Gasteiger partial charge in [0.15, 0.2) is 6.29 Å². The summed E-state index contributed by atoms with van der Waals surface area (Å²) in [7, 11) is 0. The van der Waals surface area contributed by atoms with Crippen molar-refractivity contribution in [3.05, 3.63) is 12.2 Å². The van der Waals surface area contributed by atoms with Crippen LogP contribution in [0, 0.1) is 0 Å². The Morgan fingerprint density at radius 3 is 2.73 bits per heavy atom. The maximum absolute atomic E-state index is 5.76. The molecule has 2 heterocycles. The smallest absolute Gasteiger partial charge is 0.186 e. The zero-order chi connectivity index (χ0) is 10.7. The summed E-state index contributed by atoms with van der Waals surface area (Å²) in [6.07, 6.45) is 8.28. The number of allylic oxidation sites excluding steroid dienone is 2. The minimum absolute atomic E-state index is 0.111. The molecule has 0 bridgehead atoms. The summed E-state index contributed by atoms with van der Waals surface area (Å²) >= 11 is 0. The van der Waals surface area contributed by atoms with E-state index in [1.54, 1.807) is 0 Å². The molecule has 0 N–H and O–H groups in total. The number of ether oxygens (including phenoxy) is 3. The fourth-order valence-electron chi connectivity index (χ4n) is 2.06. The first-order valence-corrected chi connectivity index (χ1v) is 5.94. The molecule has 15 heavy (non-hydrogen) atoms. The Morgan fingerprint density at radius 2 is 2.00 bits per heavy atom. The predicted molar refractivity (Wildman–Crippen MR) is 57.6 cm³/mol. The molecular formula is C12H20O3. The second kappa shape index (κ2) is 5.10. The van der Waals surface area contributed by atoms with Crippen LogP contribution in [0.1, 0.15) is 33.1 Å². The highest BCUT2D eigenvalue weighted by atomic mass is 16.8. The van der Waals surface area contributed by atoms with Crippen LogP contribution in [0.4, 0.5) is 0 Å². The molecule has 2 rings (SSSR count). The summed E-state index contributed by atoms with van der Waals surface area (Å²) in [4.78, 5) is 0. The van der Waals surface area contributed by atoms with E-state index in [1.165, 1.54) is 0 Å². The molecule has 0 radical (unpaired) electrons. The number of rotatable bonds is 6. The largest absolute Gasteiger partial charge is 0.361 e. The first kappa shape index (κ1) is 11.1. The van der Waals surface area contributed by atoms with Gasteiger partial charge in [0.25, 0.3) is 0 Å². The van der Waals surface area contributed by atoms with Crippen LogP contribution < -0.4 is 0 Å². The summed E-state index contributed by atoms with van der Waals surface area (Å²) in [6.45, 7) is 4.82. The molecule has 4 atom stereocenters. The average Bonchev–Trinajstić information content (AvgIpc) is 2.95. The average molecular weight is 212 g/mol. The zero-order valence-corrected chi connectivity index (χ0v) is 9.52. The van der Waals surface area contributed by atoms with Crippen LogP contribution in [0.2, 0.25) is 0 Å². The van der Waals surface area contributed by atoms with Crippen molar-refractivity contribution in [1.29, 1.82) is 0 Å². The lowest BCUT2D eigenvalue weighted by Gasteiger charge is -2.16. The Balaban J connectivity index is 1.70. The van der Waals surface area contributed by atoms with Gasteiger partial charge in [-0.1, -0.05) is 19.1 Å². The molecule has 86 valence electrons. The van der Waals surface area contributed by atoms with Crippen LogP contribution in [-0.2, 0) is 14.2 Å². The van der Waals surface area contributed by atoms with E-state index in [2.05, 4.69) is 19.1 Å². The van der Waals surface area contributed by atoms with Crippen LogP contribution in [0.25, 0.3) is 0 Å². The maximum Gasteiger partial charge on any atom is 0.186 e. The number of hydrogen-bond donors (Lipinski definition) is 0. The standard InChI is InChI=1S/C12H20O3/c1-3-5-6-7-8-9-10-11(15-10)12(14-9)13-4-2/h5-6,9-12H,3-4,7-8H2,1-2H3/b6-5+/t9-,10-,11-,12?/m1/s1. The third-order valence-corrected chi connectivity index (χ3v) is 2.86. The number of epoxide rings is 1. The van der Waals surface area contributed by atoms with Crippen molar-refractivity contribution in [2.75, 3.05) is 6.61 Å². The summed E-state index contributed by atoms with van der Waals surface area (Å²) in [6, 6.07) is 0. The molecule has 3 heteroatoms. The highest BCUT2D eigenvalue weighted by molar-refractivity contribution is 5.00.